The molecular weight excluding hydrogens is 280 g/mol. The summed E-state index contributed by atoms with van der Waals surface area (Å²) in [4.78, 5) is 24.7. The maximum Gasteiger partial charge on any atom is 0.317 e. The van der Waals surface area contributed by atoms with E-state index in [2.05, 4.69) is 5.32 Å². The highest BCUT2D eigenvalue weighted by Crippen LogP contribution is 2.22. The van der Waals surface area contributed by atoms with Crippen LogP contribution in [0.4, 0.5) is 4.79 Å². The number of amides is 2. The van der Waals surface area contributed by atoms with Crippen molar-refractivity contribution in [1.29, 1.82) is 0 Å². The number of carbonyl (C=O) groups excluding carboxylic acids is 1. The van der Waals surface area contributed by atoms with Gasteiger partial charge in [0.25, 0.3) is 0 Å². The van der Waals surface area contributed by atoms with Gasteiger partial charge in [-0.1, -0.05) is 0 Å². The number of carbonyl (C=O) groups is 2. The number of methoxy groups -OCH3 is 1. The van der Waals surface area contributed by atoms with Crippen LogP contribution < -0.4 is 5.32 Å². The first-order valence-electron chi connectivity index (χ1n) is 6.93. The number of hydrogen-bond donors (Lipinski definition) is 2. The minimum Gasteiger partial charge on any atom is -0.481 e. The number of hydrogen-bond acceptors (Lipinski definition) is 5. The van der Waals surface area contributed by atoms with Crippen molar-refractivity contribution in [3.05, 3.63) is 0 Å². The number of carboxylic acids is 1. The van der Waals surface area contributed by atoms with Crippen LogP contribution in [0.5, 0.6) is 0 Å². The van der Waals surface area contributed by atoms with Gasteiger partial charge in [0.1, 0.15) is 11.5 Å². The first kappa shape index (κ1) is 16.0. The molecule has 2 heterocycles. The van der Waals surface area contributed by atoms with E-state index in [9.17, 15) is 9.59 Å². The number of nitrogens with zero attached hydrogens (tertiary/aromatic N) is 1. The Morgan fingerprint density at radius 2 is 2.19 bits per heavy atom. The Balaban J connectivity index is 1.89. The third-order valence-electron chi connectivity index (χ3n) is 4.25. The molecule has 0 spiro atoms. The van der Waals surface area contributed by atoms with Crippen LogP contribution >= 0.6 is 0 Å². The molecule has 0 aromatic rings. The van der Waals surface area contributed by atoms with Crippen LogP contribution in [0.3, 0.4) is 0 Å². The third-order valence-corrected chi connectivity index (χ3v) is 4.25. The second-order valence-corrected chi connectivity index (χ2v) is 5.51. The summed E-state index contributed by atoms with van der Waals surface area (Å²) in [5.74, 6) is -1.64. The fourth-order valence-electron chi connectivity index (χ4n) is 2.63. The summed E-state index contributed by atoms with van der Waals surface area (Å²) in [5.41, 5.74) is -0.491. The highest BCUT2D eigenvalue weighted by molar-refractivity contribution is 5.77. The number of carboxylic acid groups (broad SMARTS) is 1. The molecule has 3 unspecified atom stereocenters. The van der Waals surface area contributed by atoms with Gasteiger partial charge in [0.15, 0.2) is 0 Å². The molecule has 2 aliphatic heterocycles. The molecule has 8 nitrogen and oxygen atoms in total. The molecule has 8 heteroatoms. The number of urea groups is 1. The summed E-state index contributed by atoms with van der Waals surface area (Å²) in [6.07, 6.45) is 0.720. The lowest BCUT2D eigenvalue weighted by Crippen LogP contribution is -2.52. The van der Waals surface area contributed by atoms with Crippen molar-refractivity contribution in [3.63, 3.8) is 0 Å². The van der Waals surface area contributed by atoms with Crippen LogP contribution in [-0.2, 0) is 19.0 Å². The van der Waals surface area contributed by atoms with E-state index < -0.39 is 23.5 Å². The molecule has 0 bridgehead atoms. The maximum absolute atomic E-state index is 12.2. The predicted molar refractivity (Wildman–Crippen MR) is 72.1 cm³/mol. The molecule has 2 aliphatic rings. The van der Waals surface area contributed by atoms with Gasteiger partial charge < -0.3 is 29.5 Å². The first-order valence-corrected chi connectivity index (χ1v) is 6.93. The van der Waals surface area contributed by atoms with Crippen molar-refractivity contribution >= 4 is 12.0 Å². The second kappa shape index (κ2) is 6.59. The predicted octanol–water partition coefficient (Wildman–Crippen LogP) is -0.467. The topological polar surface area (TPSA) is 97.3 Å². The van der Waals surface area contributed by atoms with Crippen molar-refractivity contribution in [3.8, 4) is 0 Å². The van der Waals surface area contributed by atoms with Gasteiger partial charge >= 0.3 is 12.0 Å². The summed E-state index contributed by atoms with van der Waals surface area (Å²) in [5, 5.41) is 11.9. The van der Waals surface area contributed by atoms with E-state index >= 15 is 0 Å². The van der Waals surface area contributed by atoms with Crippen LogP contribution in [0, 0.1) is 5.92 Å². The van der Waals surface area contributed by atoms with Crippen molar-refractivity contribution in [1.82, 2.24) is 10.2 Å². The van der Waals surface area contributed by atoms with E-state index in [1.165, 1.54) is 4.90 Å². The van der Waals surface area contributed by atoms with Gasteiger partial charge in [-0.3, -0.25) is 4.79 Å². The number of ether oxygens (including phenoxy) is 3. The summed E-state index contributed by atoms with van der Waals surface area (Å²) in [6.45, 7) is 1.75. The Kier molecular flexibility index (Phi) is 5.02. The second-order valence-electron chi connectivity index (χ2n) is 5.51. The minimum atomic E-state index is -0.949. The standard InChI is InChI=1S/C13H22N2O6/c1-15(10-6-21-5-9(10)11(16)17)12(18)14-7-13(19-2)3-4-20-8-13/h9-10H,3-8H2,1-2H3,(H,14,18)(H,16,17). The summed E-state index contributed by atoms with van der Waals surface area (Å²) in [7, 11) is 3.17. The molecule has 21 heavy (non-hydrogen) atoms. The molecule has 2 saturated heterocycles. The van der Waals surface area contributed by atoms with Gasteiger partial charge in [0.2, 0.25) is 0 Å². The Morgan fingerprint density at radius 1 is 1.43 bits per heavy atom. The zero-order chi connectivity index (χ0) is 15.5. The van der Waals surface area contributed by atoms with Crippen molar-refractivity contribution in [2.45, 2.75) is 18.1 Å². The Bertz CT molecular complexity index is 396. The van der Waals surface area contributed by atoms with Gasteiger partial charge in [0.05, 0.1) is 32.4 Å². The molecule has 2 amide bonds. The van der Waals surface area contributed by atoms with Gasteiger partial charge in [-0.2, -0.15) is 0 Å². The van der Waals surface area contributed by atoms with Crippen LogP contribution in [0.25, 0.3) is 0 Å². The Morgan fingerprint density at radius 3 is 2.76 bits per heavy atom. The van der Waals surface area contributed by atoms with Crippen molar-refractivity contribution in [2.24, 2.45) is 5.92 Å². The quantitative estimate of drug-likeness (QED) is 0.713. The van der Waals surface area contributed by atoms with E-state index in [-0.39, 0.29) is 19.2 Å². The number of aliphatic carboxylic acids is 1. The van der Waals surface area contributed by atoms with Crippen LogP contribution in [-0.4, -0.2) is 80.8 Å². The molecule has 3 atom stereocenters. The first-order chi connectivity index (χ1) is 9.99. The molecule has 0 saturated carbocycles. The summed E-state index contributed by atoms with van der Waals surface area (Å²) in [6, 6.07) is -0.791. The van der Waals surface area contributed by atoms with Crippen molar-refractivity contribution in [2.75, 3.05) is 47.1 Å². The molecule has 120 valence electrons. The Labute approximate surface area is 123 Å². The molecule has 0 aromatic carbocycles. The smallest absolute Gasteiger partial charge is 0.317 e. The average molecular weight is 302 g/mol. The van der Waals surface area contributed by atoms with Crippen LogP contribution in [0.15, 0.2) is 0 Å². The van der Waals surface area contributed by atoms with Gasteiger partial charge in [-0.15, -0.1) is 0 Å². The normalized spacial score (nSPS) is 32.1. The zero-order valence-electron chi connectivity index (χ0n) is 12.3. The monoisotopic (exact) mass is 302 g/mol. The molecule has 2 fully saturated rings. The molecular formula is C13H22N2O6. The van der Waals surface area contributed by atoms with Gasteiger partial charge in [-0.25, -0.2) is 4.79 Å². The number of likely N-dealkylation sites (N-methyl/N-ethyl adjacent to an activating group) is 1. The van der Waals surface area contributed by atoms with E-state index in [1.54, 1.807) is 14.2 Å². The fraction of sp³-hybridized carbons (Fsp3) is 0.846. The van der Waals surface area contributed by atoms with Gasteiger partial charge in [0, 0.05) is 27.2 Å². The molecule has 0 radical (unpaired) electrons. The molecule has 2 rings (SSSR count). The van der Waals surface area contributed by atoms with Gasteiger partial charge in [-0.05, 0) is 0 Å². The molecule has 2 N–H and O–H groups in total. The lowest BCUT2D eigenvalue weighted by Gasteiger charge is -2.30. The third kappa shape index (κ3) is 3.45. The highest BCUT2D eigenvalue weighted by Gasteiger charge is 2.40. The number of rotatable bonds is 5. The van der Waals surface area contributed by atoms with E-state index in [0.29, 0.717) is 19.8 Å². The van der Waals surface area contributed by atoms with Crippen molar-refractivity contribution < 1.29 is 28.9 Å². The highest BCUT2D eigenvalue weighted by atomic mass is 16.5. The zero-order valence-corrected chi connectivity index (χ0v) is 12.3. The average Bonchev–Trinajstić information content (AvgIpc) is 3.13. The molecule has 0 aliphatic carbocycles. The van der Waals surface area contributed by atoms with Crippen LogP contribution in [0.1, 0.15) is 6.42 Å². The molecule has 0 aromatic heterocycles. The summed E-state index contributed by atoms with van der Waals surface area (Å²) >= 11 is 0. The lowest BCUT2D eigenvalue weighted by molar-refractivity contribution is -0.142. The Hall–Kier alpha value is -1.38. The minimum absolute atomic E-state index is 0.132. The summed E-state index contributed by atoms with van der Waals surface area (Å²) < 4.78 is 15.9. The lowest BCUT2D eigenvalue weighted by atomic mass is 10.0. The van der Waals surface area contributed by atoms with E-state index in [1.807, 2.05) is 0 Å². The fourth-order valence-corrected chi connectivity index (χ4v) is 2.63. The maximum atomic E-state index is 12.2. The number of nitrogens with one attached hydrogen (secondary N) is 1. The SMILES string of the molecule is COC1(CNC(=O)N(C)C2COCC2C(=O)O)CCOC1. The largest absolute Gasteiger partial charge is 0.481 e. The van der Waals surface area contributed by atoms with Crippen LogP contribution in [0.2, 0.25) is 0 Å². The van der Waals surface area contributed by atoms with E-state index in [0.717, 1.165) is 6.42 Å². The van der Waals surface area contributed by atoms with E-state index in [4.69, 9.17) is 19.3 Å².